The average molecular weight is 270 g/mol. The maximum absolute atomic E-state index is 11.2. The van der Waals surface area contributed by atoms with Crippen molar-refractivity contribution in [3.8, 4) is 0 Å². The zero-order valence-electron chi connectivity index (χ0n) is 10.2. The molecule has 0 atom stereocenters. The highest BCUT2D eigenvalue weighted by Crippen LogP contribution is 2.36. The number of nitro benzene ring substituents is 1. The largest absolute Gasteiger partial charge is 0.360 e. The van der Waals surface area contributed by atoms with Crippen LogP contribution in [0.2, 0.25) is 5.02 Å². The van der Waals surface area contributed by atoms with Gasteiger partial charge in [-0.2, -0.15) is 0 Å². The number of hydrogen-bond donors (Lipinski definition) is 1. The molecule has 0 bridgehead atoms. The monoisotopic (exact) mass is 269 g/mol. The van der Waals surface area contributed by atoms with Crippen molar-refractivity contribution in [3.05, 3.63) is 33.3 Å². The zero-order chi connectivity index (χ0) is 13.1. The van der Waals surface area contributed by atoms with Gasteiger partial charge < -0.3 is 10.2 Å². The van der Waals surface area contributed by atoms with Crippen LogP contribution in [0.25, 0.3) is 0 Å². The van der Waals surface area contributed by atoms with Gasteiger partial charge in [-0.1, -0.05) is 24.6 Å². The van der Waals surface area contributed by atoms with Gasteiger partial charge in [-0.3, -0.25) is 10.1 Å². The molecule has 1 aliphatic rings. The van der Waals surface area contributed by atoms with Gasteiger partial charge in [0.2, 0.25) is 0 Å². The van der Waals surface area contributed by atoms with Crippen LogP contribution >= 0.6 is 11.6 Å². The Balaban J connectivity index is 2.39. The van der Waals surface area contributed by atoms with E-state index >= 15 is 0 Å². The smallest absolute Gasteiger partial charge is 0.310 e. The van der Waals surface area contributed by atoms with Gasteiger partial charge in [0.1, 0.15) is 10.7 Å². The third kappa shape index (κ3) is 2.42. The molecule has 18 heavy (non-hydrogen) atoms. The van der Waals surface area contributed by atoms with E-state index in [-0.39, 0.29) is 10.7 Å². The Bertz CT molecular complexity index is 449. The third-order valence-electron chi connectivity index (χ3n) is 3.12. The van der Waals surface area contributed by atoms with Crippen molar-refractivity contribution in [2.24, 2.45) is 0 Å². The number of halogens is 1. The highest BCUT2D eigenvalue weighted by molar-refractivity contribution is 6.33. The number of nitro groups is 1. The van der Waals surface area contributed by atoms with Gasteiger partial charge in [-0.15, -0.1) is 0 Å². The lowest BCUT2D eigenvalue weighted by Gasteiger charge is -2.39. The molecule has 98 valence electrons. The molecule has 0 amide bonds. The first-order valence-electron chi connectivity index (χ1n) is 6.05. The summed E-state index contributed by atoms with van der Waals surface area (Å²) in [6.45, 7) is 4.59. The fourth-order valence-corrected chi connectivity index (χ4v) is 2.39. The van der Waals surface area contributed by atoms with Crippen molar-refractivity contribution in [1.82, 2.24) is 5.32 Å². The Morgan fingerprint density at radius 1 is 1.56 bits per heavy atom. The summed E-state index contributed by atoms with van der Waals surface area (Å²) in [5.74, 6) is 0. The minimum atomic E-state index is -0.396. The van der Waals surface area contributed by atoms with Crippen molar-refractivity contribution < 1.29 is 4.92 Å². The molecule has 0 spiro atoms. The molecule has 1 aliphatic heterocycles. The quantitative estimate of drug-likeness (QED) is 0.659. The molecule has 5 nitrogen and oxygen atoms in total. The number of nitrogens with one attached hydrogen (secondary N) is 1. The van der Waals surface area contributed by atoms with E-state index < -0.39 is 4.92 Å². The predicted octanol–water partition coefficient (Wildman–Crippen LogP) is 2.44. The van der Waals surface area contributed by atoms with E-state index in [9.17, 15) is 10.1 Å². The summed E-state index contributed by atoms with van der Waals surface area (Å²) in [6, 6.07) is 5.42. The molecule has 1 N–H and O–H groups in total. The van der Waals surface area contributed by atoms with Crippen molar-refractivity contribution in [2.75, 3.05) is 24.5 Å². The maximum Gasteiger partial charge on any atom is 0.310 e. The normalized spacial score (nSPS) is 15.2. The maximum atomic E-state index is 11.2. The first-order valence-corrected chi connectivity index (χ1v) is 6.43. The molecule has 0 radical (unpaired) electrons. The van der Waals surface area contributed by atoms with Crippen molar-refractivity contribution in [1.29, 1.82) is 0 Å². The number of benzene rings is 1. The number of rotatable bonds is 5. The van der Waals surface area contributed by atoms with Gasteiger partial charge in [0.05, 0.1) is 11.0 Å². The summed E-state index contributed by atoms with van der Waals surface area (Å²) in [6.07, 6.45) is 0.945. The van der Waals surface area contributed by atoms with Crippen LogP contribution in [0.4, 0.5) is 11.4 Å². The van der Waals surface area contributed by atoms with Gasteiger partial charge in [-0.05, 0) is 18.6 Å². The van der Waals surface area contributed by atoms with Crippen LogP contribution in [0.1, 0.15) is 13.3 Å². The molecule has 0 aromatic heterocycles. The van der Waals surface area contributed by atoms with E-state index in [2.05, 4.69) is 17.1 Å². The molecule has 1 fully saturated rings. The Morgan fingerprint density at radius 3 is 2.78 bits per heavy atom. The molecule has 1 heterocycles. The van der Waals surface area contributed by atoms with Crippen LogP contribution < -0.4 is 10.2 Å². The number of anilines is 1. The minimum absolute atomic E-state index is 0.0134. The Hall–Kier alpha value is -1.33. The Labute approximate surface area is 111 Å². The van der Waals surface area contributed by atoms with Gasteiger partial charge in [-0.25, -0.2) is 0 Å². The first-order chi connectivity index (χ1) is 8.65. The molecule has 0 unspecified atom stereocenters. The molecule has 1 aromatic carbocycles. The van der Waals surface area contributed by atoms with Gasteiger partial charge >= 0.3 is 5.69 Å². The standard InChI is InChI=1S/C12H16ClN3O2/c1-2-6-15(9-7-14-8-9)11-5-3-4-10(13)12(11)16(17)18/h3-5,9,14H,2,6-8H2,1H3. The van der Waals surface area contributed by atoms with Crippen LogP contribution in [0.5, 0.6) is 0 Å². The van der Waals surface area contributed by atoms with Crippen molar-refractivity contribution in [2.45, 2.75) is 19.4 Å². The number of nitrogens with zero attached hydrogens (tertiary/aromatic N) is 2. The summed E-state index contributed by atoms with van der Waals surface area (Å²) < 4.78 is 0. The lowest BCUT2D eigenvalue weighted by atomic mass is 10.1. The van der Waals surface area contributed by atoms with E-state index in [1.807, 2.05) is 0 Å². The number of hydrogen-bond acceptors (Lipinski definition) is 4. The van der Waals surface area contributed by atoms with E-state index in [1.54, 1.807) is 18.2 Å². The lowest BCUT2D eigenvalue weighted by Crippen LogP contribution is -2.57. The van der Waals surface area contributed by atoms with E-state index in [0.29, 0.717) is 11.7 Å². The van der Waals surface area contributed by atoms with Gasteiger partial charge in [0, 0.05) is 19.6 Å². The molecular weight excluding hydrogens is 254 g/mol. The third-order valence-corrected chi connectivity index (χ3v) is 3.43. The molecular formula is C12H16ClN3O2. The van der Waals surface area contributed by atoms with Gasteiger partial charge in [0.25, 0.3) is 0 Å². The van der Waals surface area contributed by atoms with Crippen LogP contribution in [0.15, 0.2) is 18.2 Å². The summed E-state index contributed by atoms with van der Waals surface area (Å²) in [5, 5.41) is 14.5. The Morgan fingerprint density at radius 2 is 2.28 bits per heavy atom. The summed E-state index contributed by atoms with van der Waals surface area (Å²) >= 11 is 5.95. The first kappa shape index (κ1) is 13.1. The second-order valence-electron chi connectivity index (χ2n) is 4.37. The Kier molecular flexibility index (Phi) is 4.04. The SMILES string of the molecule is CCCN(c1cccc(Cl)c1[N+](=O)[O-])C1CNC1. The lowest BCUT2D eigenvalue weighted by molar-refractivity contribution is -0.384. The average Bonchev–Trinajstić information content (AvgIpc) is 2.25. The summed E-state index contributed by atoms with van der Waals surface area (Å²) in [7, 11) is 0. The van der Waals surface area contributed by atoms with E-state index in [4.69, 9.17) is 11.6 Å². The molecule has 0 aliphatic carbocycles. The summed E-state index contributed by atoms with van der Waals surface area (Å²) in [5.41, 5.74) is 0.639. The predicted molar refractivity (Wildman–Crippen MR) is 72.4 cm³/mol. The highest BCUT2D eigenvalue weighted by Gasteiger charge is 2.30. The fourth-order valence-electron chi connectivity index (χ4n) is 2.15. The topological polar surface area (TPSA) is 58.4 Å². The fraction of sp³-hybridized carbons (Fsp3) is 0.500. The van der Waals surface area contributed by atoms with Crippen molar-refractivity contribution in [3.63, 3.8) is 0 Å². The zero-order valence-corrected chi connectivity index (χ0v) is 11.0. The van der Waals surface area contributed by atoms with Crippen LogP contribution in [0, 0.1) is 10.1 Å². The van der Waals surface area contributed by atoms with Crippen LogP contribution in [-0.4, -0.2) is 30.6 Å². The molecule has 1 aromatic rings. The molecule has 6 heteroatoms. The highest BCUT2D eigenvalue weighted by atomic mass is 35.5. The molecule has 1 saturated heterocycles. The minimum Gasteiger partial charge on any atom is -0.360 e. The molecule has 0 saturated carbocycles. The summed E-state index contributed by atoms with van der Waals surface area (Å²) in [4.78, 5) is 12.8. The number of para-hydroxylation sites is 1. The van der Waals surface area contributed by atoms with Crippen molar-refractivity contribution >= 4 is 23.0 Å². The second-order valence-corrected chi connectivity index (χ2v) is 4.78. The van der Waals surface area contributed by atoms with Gasteiger partial charge in [0.15, 0.2) is 0 Å². The van der Waals surface area contributed by atoms with E-state index in [0.717, 1.165) is 26.1 Å². The second kappa shape index (κ2) is 5.54. The van der Waals surface area contributed by atoms with E-state index in [1.165, 1.54) is 0 Å². The van der Waals surface area contributed by atoms with Crippen LogP contribution in [-0.2, 0) is 0 Å². The molecule has 2 rings (SSSR count). The van der Waals surface area contributed by atoms with Crippen LogP contribution in [0.3, 0.4) is 0 Å².